The van der Waals surface area contributed by atoms with Gasteiger partial charge >= 0.3 is 6.03 Å². The molecule has 100 valence electrons. The average molecular weight is 258 g/mol. The molecular formula is C14H18N4O. The monoisotopic (exact) mass is 258 g/mol. The molecule has 0 aliphatic rings. The molecule has 1 heterocycles. The van der Waals surface area contributed by atoms with Gasteiger partial charge in [-0.25, -0.2) is 9.78 Å². The highest BCUT2D eigenvalue weighted by molar-refractivity contribution is 5.73. The lowest BCUT2D eigenvalue weighted by Gasteiger charge is -2.11. The second-order valence-corrected chi connectivity index (χ2v) is 4.25. The SMILES string of the molecule is CNC(=O)NCCn1c(C)cnc1-c1ccccc1. The molecule has 0 fully saturated rings. The van der Waals surface area contributed by atoms with Gasteiger partial charge in [-0.05, 0) is 6.92 Å². The minimum Gasteiger partial charge on any atom is -0.341 e. The van der Waals surface area contributed by atoms with E-state index in [1.54, 1.807) is 7.05 Å². The van der Waals surface area contributed by atoms with Crippen molar-refractivity contribution in [1.82, 2.24) is 20.2 Å². The first-order valence-corrected chi connectivity index (χ1v) is 6.25. The van der Waals surface area contributed by atoms with E-state index in [9.17, 15) is 4.79 Å². The summed E-state index contributed by atoms with van der Waals surface area (Å²) < 4.78 is 2.10. The quantitative estimate of drug-likeness (QED) is 0.878. The van der Waals surface area contributed by atoms with Crippen LogP contribution >= 0.6 is 0 Å². The van der Waals surface area contributed by atoms with Crippen molar-refractivity contribution in [3.05, 3.63) is 42.2 Å². The summed E-state index contributed by atoms with van der Waals surface area (Å²) >= 11 is 0. The number of imidazole rings is 1. The Hall–Kier alpha value is -2.30. The van der Waals surface area contributed by atoms with Crippen LogP contribution in [-0.2, 0) is 6.54 Å². The molecule has 0 unspecified atom stereocenters. The molecule has 19 heavy (non-hydrogen) atoms. The van der Waals surface area contributed by atoms with E-state index in [2.05, 4.69) is 20.2 Å². The fraction of sp³-hybridized carbons (Fsp3) is 0.286. The number of urea groups is 1. The van der Waals surface area contributed by atoms with Gasteiger partial charge in [-0.15, -0.1) is 0 Å². The Morgan fingerprint density at radius 1 is 1.32 bits per heavy atom. The molecule has 0 saturated heterocycles. The van der Waals surface area contributed by atoms with Gasteiger partial charge in [0, 0.05) is 37.6 Å². The second-order valence-electron chi connectivity index (χ2n) is 4.25. The van der Waals surface area contributed by atoms with E-state index < -0.39 is 0 Å². The molecule has 0 bridgehead atoms. The van der Waals surface area contributed by atoms with Crippen molar-refractivity contribution in [2.75, 3.05) is 13.6 Å². The smallest absolute Gasteiger partial charge is 0.314 e. The molecule has 0 saturated carbocycles. The second kappa shape index (κ2) is 6.04. The molecular weight excluding hydrogens is 240 g/mol. The molecule has 0 aliphatic heterocycles. The first kappa shape index (κ1) is 13.1. The van der Waals surface area contributed by atoms with Gasteiger partial charge in [0.25, 0.3) is 0 Å². The number of carbonyl (C=O) groups excluding carboxylic acids is 1. The maximum atomic E-state index is 11.1. The Kier molecular flexibility index (Phi) is 4.18. The minimum atomic E-state index is -0.168. The summed E-state index contributed by atoms with van der Waals surface area (Å²) in [7, 11) is 1.60. The summed E-state index contributed by atoms with van der Waals surface area (Å²) in [5, 5.41) is 5.31. The highest BCUT2D eigenvalue weighted by Crippen LogP contribution is 2.18. The van der Waals surface area contributed by atoms with Crippen LogP contribution in [0.25, 0.3) is 11.4 Å². The molecule has 2 rings (SSSR count). The van der Waals surface area contributed by atoms with Gasteiger partial charge in [0.05, 0.1) is 0 Å². The van der Waals surface area contributed by atoms with Crippen molar-refractivity contribution in [1.29, 1.82) is 0 Å². The van der Waals surface area contributed by atoms with Crippen molar-refractivity contribution in [2.24, 2.45) is 0 Å². The molecule has 2 aromatic rings. The summed E-state index contributed by atoms with van der Waals surface area (Å²) in [6.07, 6.45) is 1.85. The Labute approximate surface area is 112 Å². The number of hydrogen-bond donors (Lipinski definition) is 2. The summed E-state index contributed by atoms with van der Waals surface area (Å²) in [6.45, 7) is 3.28. The van der Waals surface area contributed by atoms with Gasteiger partial charge in [-0.2, -0.15) is 0 Å². The van der Waals surface area contributed by atoms with E-state index in [-0.39, 0.29) is 6.03 Å². The fourth-order valence-corrected chi connectivity index (χ4v) is 1.93. The highest BCUT2D eigenvalue weighted by atomic mass is 16.2. The van der Waals surface area contributed by atoms with E-state index in [0.29, 0.717) is 13.1 Å². The average Bonchev–Trinajstić information content (AvgIpc) is 2.81. The molecule has 5 heteroatoms. The Morgan fingerprint density at radius 3 is 2.74 bits per heavy atom. The molecule has 0 aliphatic carbocycles. The lowest BCUT2D eigenvalue weighted by Crippen LogP contribution is -2.35. The van der Waals surface area contributed by atoms with Crippen LogP contribution < -0.4 is 10.6 Å². The Morgan fingerprint density at radius 2 is 2.05 bits per heavy atom. The van der Waals surface area contributed by atoms with Crippen LogP contribution in [-0.4, -0.2) is 29.2 Å². The number of hydrogen-bond acceptors (Lipinski definition) is 2. The van der Waals surface area contributed by atoms with Crippen molar-refractivity contribution in [3.8, 4) is 11.4 Å². The summed E-state index contributed by atoms with van der Waals surface area (Å²) in [5.74, 6) is 0.928. The normalized spacial score (nSPS) is 10.2. The minimum absolute atomic E-state index is 0.168. The third-order valence-electron chi connectivity index (χ3n) is 2.94. The van der Waals surface area contributed by atoms with E-state index in [4.69, 9.17) is 0 Å². The predicted molar refractivity (Wildman–Crippen MR) is 74.9 cm³/mol. The van der Waals surface area contributed by atoms with Crippen molar-refractivity contribution < 1.29 is 4.79 Å². The Balaban J connectivity index is 2.12. The van der Waals surface area contributed by atoms with Crippen molar-refractivity contribution in [3.63, 3.8) is 0 Å². The van der Waals surface area contributed by atoms with Crippen LogP contribution in [0, 0.1) is 6.92 Å². The number of rotatable bonds is 4. The summed E-state index contributed by atoms with van der Waals surface area (Å²) in [6, 6.07) is 9.86. The number of nitrogens with zero attached hydrogens (tertiary/aromatic N) is 2. The number of nitrogens with one attached hydrogen (secondary N) is 2. The highest BCUT2D eigenvalue weighted by Gasteiger charge is 2.08. The van der Waals surface area contributed by atoms with Crippen LogP contribution in [0.2, 0.25) is 0 Å². The molecule has 0 radical (unpaired) electrons. The zero-order chi connectivity index (χ0) is 13.7. The molecule has 1 aromatic heterocycles. The predicted octanol–water partition coefficient (Wildman–Crippen LogP) is 1.79. The lowest BCUT2D eigenvalue weighted by molar-refractivity contribution is 0.242. The number of amides is 2. The van der Waals surface area contributed by atoms with E-state index in [1.807, 2.05) is 43.5 Å². The molecule has 1 aromatic carbocycles. The molecule has 2 amide bonds. The molecule has 0 spiro atoms. The topological polar surface area (TPSA) is 59.0 Å². The standard InChI is InChI=1S/C14H18N4O/c1-11-10-17-13(12-6-4-3-5-7-12)18(11)9-8-16-14(19)15-2/h3-7,10H,8-9H2,1-2H3,(H2,15,16,19). The van der Waals surface area contributed by atoms with Gasteiger partial charge in [-0.1, -0.05) is 30.3 Å². The third kappa shape index (κ3) is 3.13. The van der Waals surface area contributed by atoms with Crippen LogP contribution in [0.3, 0.4) is 0 Å². The maximum Gasteiger partial charge on any atom is 0.314 e. The van der Waals surface area contributed by atoms with E-state index in [0.717, 1.165) is 17.1 Å². The van der Waals surface area contributed by atoms with Crippen LogP contribution in [0.1, 0.15) is 5.69 Å². The first-order valence-electron chi connectivity index (χ1n) is 6.25. The summed E-state index contributed by atoms with van der Waals surface area (Å²) in [4.78, 5) is 15.6. The van der Waals surface area contributed by atoms with E-state index in [1.165, 1.54) is 0 Å². The van der Waals surface area contributed by atoms with E-state index >= 15 is 0 Å². The van der Waals surface area contributed by atoms with Crippen LogP contribution in [0.5, 0.6) is 0 Å². The van der Waals surface area contributed by atoms with Crippen LogP contribution in [0.15, 0.2) is 36.5 Å². The molecule has 5 nitrogen and oxygen atoms in total. The Bertz CT molecular complexity index is 548. The zero-order valence-corrected chi connectivity index (χ0v) is 11.2. The number of carbonyl (C=O) groups is 1. The fourth-order valence-electron chi connectivity index (χ4n) is 1.93. The van der Waals surface area contributed by atoms with Crippen LogP contribution in [0.4, 0.5) is 4.79 Å². The van der Waals surface area contributed by atoms with Gasteiger partial charge in [0.2, 0.25) is 0 Å². The first-order chi connectivity index (χ1) is 9.22. The summed E-state index contributed by atoms with van der Waals surface area (Å²) in [5.41, 5.74) is 2.16. The number of benzene rings is 1. The molecule has 2 N–H and O–H groups in total. The van der Waals surface area contributed by atoms with Gasteiger partial charge in [-0.3, -0.25) is 0 Å². The number of aryl methyl sites for hydroxylation is 1. The zero-order valence-electron chi connectivity index (χ0n) is 11.2. The van der Waals surface area contributed by atoms with Crippen molar-refractivity contribution >= 4 is 6.03 Å². The lowest BCUT2D eigenvalue weighted by atomic mass is 10.2. The van der Waals surface area contributed by atoms with Crippen molar-refractivity contribution in [2.45, 2.75) is 13.5 Å². The van der Waals surface area contributed by atoms with Gasteiger partial charge in [0.1, 0.15) is 5.82 Å². The largest absolute Gasteiger partial charge is 0.341 e. The number of aromatic nitrogens is 2. The molecule has 0 atom stereocenters. The maximum absolute atomic E-state index is 11.1. The third-order valence-corrected chi connectivity index (χ3v) is 2.94. The van der Waals surface area contributed by atoms with Gasteiger partial charge < -0.3 is 15.2 Å². The van der Waals surface area contributed by atoms with Gasteiger partial charge in [0.15, 0.2) is 0 Å².